The predicted octanol–water partition coefficient (Wildman–Crippen LogP) is 1.89. The number of nitrogens with one attached hydrogen (secondary N) is 2. The molecule has 33 heavy (non-hydrogen) atoms. The Labute approximate surface area is 185 Å². The van der Waals surface area contributed by atoms with Gasteiger partial charge in [-0.25, -0.2) is 15.1 Å². The molecule has 11 nitrogen and oxygen atoms in total. The molecule has 14 heteroatoms. The molecule has 1 aliphatic rings. The highest BCUT2D eigenvalue weighted by atomic mass is 19.4. The Morgan fingerprint density at radius 2 is 2.00 bits per heavy atom. The van der Waals surface area contributed by atoms with Crippen molar-refractivity contribution in [2.24, 2.45) is 0 Å². The zero-order valence-electron chi connectivity index (χ0n) is 17.8. The van der Waals surface area contributed by atoms with Crippen LogP contribution < -0.4 is 15.8 Å². The molecule has 2 N–H and O–H groups in total. The van der Waals surface area contributed by atoms with Crippen LogP contribution in [-0.4, -0.2) is 56.1 Å². The fourth-order valence-electron chi connectivity index (χ4n) is 3.26. The number of alkyl halides is 3. The molecule has 3 aromatic heterocycles. The summed E-state index contributed by atoms with van der Waals surface area (Å²) in [4.78, 5) is 22.1. The zero-order valence-corrected chi connectivity index (χ0v) is 17.8. The minimum absolute atomic E-state index is 0.00369. The lowest BCUT2D eigenvalue weighted by atomic mass is 10.0. The second-order valence-corrected chi connectivity index (χ2v) is 7.74. The summed E-state index contributed by atoms with van der Waals surface area (Å²) in [5.74, 6) is 1.44. The Kier molecular flexibility index (Phi) is 6.26. The van der Waals surface area contributed by atoms with Crippen LogP contribution in [0.5, 0.6) is 0 Å². The number of aryl methyl sites for hydroxylation is 1. The number of aromatic nitrogens is 6. The van der Waals surface area contributed by atoms with Crippen molar-refractivity contribution in [3.8, 4) is 0 Å². The molecular weight excluding hydrogens is 445 g/mol. The number of hydrogen-bond donors (Lipinski definition) is 2. The van der Waals surface area contributed by atoms with E-state index in [0.717, 1.165) is 11.8 Å². The maximum atomic E-state index is 13.1. The van der Waals surface area contributed by atoms with E-state index in [-0.39, 0.29) is 25.0 Å². The third-order valence-corrected chi connectivity index (χ3v) is 4.90. The summed E-state index contributed by atoms with van der Waals surface area (Å²) in [6.45, 7) is 4.86. The molecule has 0 aliphatic carbocycles. The van der Waals surface area contributed by atoms with Gasteiger partial charge < -0.3 is 19.4 Å². The Morgan fingerprint density at radius 3 is 2.70 bits per heavy atom. The van der Waals surface area contributed by atoms with Crippen LogP contribution in [0, 0.1) is 6.92 Å². The van der Waals surface area contributed by atoms with Gasteiger partial charge in [0.2, 0.25) is 17.7 Å². The smallest absolute Gasteiger partial charge is 0.422 e. The lowest BCUT2D eigenvalue weighted by Gasteiger charge is -2.37. The first-order chi connectivity index (χ1) is 15.7. The van der Waals surface area contributed by atoms with Crippen molar-refractivity contribution in [2.45, 2.75) is 38.6 Å². The van der Waals surface area contributed by atoms with Gasteiger partial charge in [0.1, 0.15) is 12.2 Å². The molecular formula is C19H21F3N8O3. The molecule has 1 aliphatic heterocycles. The van der Waals surface area contributed by atoms with Gasteiger partial charge in [-0.05, 0) is 19.4 Å². The third-order valence-electron chi connectivity index (χ3n) is 4.90. The standard InChI is InChI=1S/C19H21F3N8O3/c1-10-3-23-18(24-4-10)30-6-12(7-30)17-29-27-14(33-17)9-32-8-11(2)26-13-5-25-28-16(31)15(13)19(20,21)22/h3-5,11-12H,6-9H2,1-2H3,(H2,26,28,31). The van der Waals surface area contributed by atoms with Gasteiger partial charge in [-0.1, -0.05) is 0 Å². The average molecular weight is 466 g/mol. The van der Waals surface area contributed by atoms with Crippen LogP contribution in [0.25, 0.3) is 0 Å². The summed E-state index contributed by atoms with van der Waals surface area (Å²) in [7, 11) is 0. The second kappa shape index (κ2) is 9.13. The molecule has 3 aromatic rings. The van der Waals surface area contributed by atoms with E-state index in [1.165, 1.54) is 0 Å². The van der Waals surface area contributed by atoms with Crippen LogP contribution in [0.4, 0.5) is 24.8 Å². The van der Waals surface area contributed by atoms with Crippen molar-refractivity contribution < 1.29 is 22.3 Å². The summed E-state index contributed by atoms with van der Waals surface area (Å²) in [6, 6.07) is -0.549. The highest BCUT2D eigenvalue weighted by Gasteiger charge is 2.37. The summed E-state index contributed by atoms with van der Waals surface area (Å²) >= 11 is 0. The van der Waals surface area contributed by atoms with Crippen LogP contribution in [0.1, 0.15) is 35.7 Å². The van der Waals surface area contributed by atoms with Gasteiger partial charge in [0.15, 0.2) is 0 Å². The lowest BCUT2D eigenvalue weighted by Crippen LogP contribution is -2.46. The number of hydrogen-bond acceptors (Lipinski definition) is 10. The molecule has 4 heterocycles. The van der Waals surface area contributed by atoms with Crippen molar-refractivity contribution in [2.75, 3.05) is 29.9 Å². The first kappa shape index (κ1) is 22.6. The molecule has 0 saturated carbocycles. The Hall–Kier alpha value is -3.55. The van der Waals surface area contributed by atoms with E-state index >= 15 is 0 Å². The number of H-pyrrole nitrogens is 1. The molecule has 0 aromatic carbocycles. The van der Waals surface area contributed by atoms with E-state index < -0.39 is 29.0 Å². The molecule has 4 rings (SSSR count). The molecule has 0 amide bonds. The Balaban J connectivity index is 1.25. The number of nitrogens with zero attached hydrogens (tertiary/aromatic N) is 6. The number of halogens is 3. The SMILES string of the molecule is Cc1cnc(N2CC(c3nnc(COCC(C)Nc4cn[nH]c(=O)c4C(F)(F)F)o3)C2)nc1. The highest BCUT2D eigenvalue weighted by molar-refractivity contribution is 5.50. The molecule has 176 valence electrons. The van der Waals surface area contributed by atoms with Crippen molar-refractivity contribution in [3.63, 3.8) is 0 Å². The van der Waals surface area contributed by atoms with Crippen LogP contribution in [-0.2, 0) is 17.5 Å². The fourth-order valence-corrected chi connectivity index (χ4v) is 3.26. The number of ether oxygens (including phenoxy) is 1. The average Bonchev–Trinajstić information content (AvgIpc) is 3.15. The van der Waals surface area contributed by atoms with E-state index in [4.69, 9.17) is 9.15 Å². The zero-order chi connectivity index (χ0) is 23.6. The fraction of sp³-hybridized carbons (Fsp3) is 0.474. The monoisotopic (exact) mass is 466 g/mol. The highest BCUT2D eigenvalue weighted by Crippen LogP contribution is 2.32. The van der Waals surface area contributed by atoms with Crippen LogP contribution >= 0.6 is 0 Å². The molecule has 1 saturated heterocycles. The summed E-state index contributed by atoms with van der Waals surface area (Å²) in [5, 5.41) is 15.8. The second-order valence-electron chi connectivity index (χ2n) is 7.74. The number of anilines is 2. The topological polar surface area (TPSA) is 135 Å². The van der Waals surface area contributed by atoms with Gasteiger partial charge in [-0.2, -0.15) is 18.3 Å². The van der Waals surface area contributed by atoms with E-state index in [1.54, 1.807) is 24.4 Å². The minimum Gasteiger partial charge on any atom is -0.422 e. The van der Waals surface area contributed by atoms with Crippen LogP contribution in [0.2, 0.25) is 0 Å². The van der Waals surface area contributed by atoms with Crippen molar-refractivity contribution in [1.29, 1.82) is 0 Å². The van der Waals surface area contributed by atoms with Crippen molar-refractivity contribution in [3.05, 3.63) is 51.9 Å². The van der Waals surface area contributed by atoms with Gasteiger partial charge in [0.05, 0.1) is 24.4 Å². The summed E-state index contributed by atoms with van der Waals surface area (Å²) in [5.41, 5.74) is -2.09. The molecule has 1 atom stereocenters. The Morgan fingerprint density at radius 1 is 1.27 bits per heavy atom. The van der Waals surface area contributed by atoms with Crippen LogP contribution in [0.3, 0.4) is 0 Å². The van der Waals surface area contributed by atoms with Gasteiger partial charge in [0.25, 0.3) is 5.56 Å². The van der Waals surface area contributed by atoms with E-state index in [9.17, 15) is 18.0 Å². The summed E-state index contributed by atoms with van der Waals surface area (Å²) in [6.07, 6.45) is -0.398. The first-order valence-electron chi connectivity index (χ1n) is 10.1. The van der Waals surface area contributed by atoms with Crippen molar-refractivity contribution >= 4 is 11.6 Å². The quantitative estimate of drug-likeness (QED) is 0.507. The molecule has 1 unspecified atom stereocenters. The first-order valence-corrected chi connectivity index (χ1v) is 10.1. The maximum Gasteiger partial charge on any atom is 0.423 e. The van der Waals surface area contributed by atoms with Gasteiger partial charge in [-0.3, -0.25) is 4.79 Å². The summed E-state index contributed by atoms with van der Waals surface area (Å²) < 4.78 is 50.5. The third kappa shape index (κ3) is 5.27. The Bertz CT molecular complexity index is 1140. The normalized spacial score (nSPS) is 15.4. The maximum absolute atomic E-state index is 13.1. The van der Waals surface area contributed by atoms with E-state index in [0.29, 0.717) is 24.9 Å². The van der Waals surface area contributed by atoms with Crippen molar-refractivity contribution in [1.82, 2.24) is 30.4 Å². The van der Waals surface area contributed by atoms with Crippen LogP contribution in [0.15, 0.2) is 27.8 Å². The lowest BCUT2D eigenvalue weighted by molar-refractivity contribution is -0.138. The predicted molar refractivity (Wildman–Crippen MR) is 109 cm³/mol. The molecule has 1 fully saturated rings. The minimum atomic E-state index is -4.82. The van der Waals surface area contributed by atoms with Gasteiger partial charge in [-0.15, -0.1) is 10.2 Å². The molecule has 0 bridgehead atoms. The van der Waals surface area contributed by atoms with E-state index in [1.807, 2.05) is 11.8 Å². The number of rotatable bonds is 8. The molecule has 0 spiro atoms. The molecule has 0 radical (unpaired) electrons. The van der Waals surface area contributed by atoms with Gasteiger partial charge >= 0.3 is 6.18 Å². The van der Waals surface area contributed by atoms with E-state index in [2.05, 4.69) is 30.6 Å². The van der Waals surface area contributed by atoms with Gasteiger partial charge in [0, 0.05) is 31.5 Å². The number of aromatic amines is 1. The largest absolute Gasteiger partial charge is 0.423 e.